The number of hydrogen-bond donors (Lipinski definition) is 6. The van der Waals surface area contributed by atoms with Crippen molar-refractivity contribution in [2.75, 3.05) is 63.4 Å². The highest BCUT2D eigenvalue weighted by Gasteiger charge is 2.40. The minimum absolute atomic E-state index is 0.158. The topological polar surface area (TPSA) is 240 Å². The number of H-pyrrole nitrogens is 1. The predicted octanol–water partition coefficient (Wildman–Crippen LogP) is 5.18. The Morgan fingerprint density at radius 1 is 0.857 bits per heavy atom. The molecule has 3 aromatic carbocycles. The molecule has 2 saturated heterocycles. The molecule has 2 atom stereocenters. The van der Waals surface area contributed by atoms with Crippen molar-refractivity contribution in [3.8, 4) is 22.9 Å². The Bertz CT molecular complexity index is 2670. The summed E-state index contributed by atoms with van der Waals surface area (Å²) in [5.41, 5.74) is 4.18. The third kappa shape index (κ3) is 11.4. The van der Waals surface area contributed by atoms with Gasteiger partial charge in [0.1, 0.15) is 24.1 Å². The number of imide groups is 1. The number of piperidine rings is 2. The van der Waals surface area contributed by atoms with Gasteiger partial charge in [0.2, 0.25) is 17.7 Å². The molecule has 0 saturated carbocycles. The first-order chi connectivity index (χ1) is 34.2. The van der Waals surface area contributed by atoms with Gasteiger partial charge in [-0.25, -0.2) is 0 Å². The first-order valence-electron chi connectivity index (χ1n) is 24.1. The monoisotopic (exact) mass is 954 g/mol. The number of anilines is 2. The maximum absolute atomic E-state index is 13.8. The zero-order chi connectivity index (χ0) is 48.3. The first kappa shape index (κ1) is 47.8. The van der Waals surface area contributed by atoms with E-state index in [-0.39, 0.29) is 55.7 Å². The molecule has 0 spiro atoms. The van der Waals surface area contributed by atoms with Gasteiger partial charge in [-0.15, -0.1) is 10.2 Å². The second-order valence-electron chi connectivity index (χ2n) is 17.9. The van der Waals surface area contributed by atoms with E-state index in [1.165, 1.54) is 4.90 Å². The number of fused-ring (bicyclic) bond motifs is 2. The van der Waals surface area contributed by atoms with Crippen LogP contribution in [-0.2, 0) is 35.9 Å². The molecule has 4 aliphatic heterocycles. The van der Waals surface area contributed by atoms with E-state index in [0.717, 1.165) is 73.6 Å². The third-order valence-electron chi connectivity index (χ3n) is 13.1. The second kappa shape index (κ2) is 22.5. The molecule has 4 aliphatic rings. The number of amides is 5. The summed E-state index contributed by atoms with van der Waals surface area (Å²) in [6, 6.07) is 21.2. The van der Waals surface area contributed by atoms with E-state index >= 15 is 0 Å². The van der Waals surface area contributed by atoms with E-state index in [2.05, 4.69) is 46.7 Å². The minimum atomic E-state index is -0.733. The Labute approximate surface area is 405 Å². The highest BCUT2D eigenvalue weighted by molar-refractivity contribution is 6.07. The van der Waals surface area contributed by atoms with E-state index in [1.54, 1.807) is 30.6 Å². The molecule has 6 N–H and O–H groups in total. The van der Waals surface area contributed by atoms with Gasteiger partial charge in [0.15, 0.2) is 11.6 Å². The van der Waals surface area contributed by atoms with Gasteiger partial charge in [0.05, 0.1) is 24.8 Å². The number of aromatic amines is 1. The Morgan fingerprint density at radius 3 is 2.53 bits per heavy atom. The summed E-state index contributed by atoms with van der Waals surface area (Å²) in [4.78, 5) is 72.6. The second-order valence-corrected chi connectivity index (χ2v) is 17.9. The van der Waals surface area contributed by atoms with Crippen LogP contribution in [0.15, 0.2) is 85.2 Å². The molecule has 0 radical (unpaired) electrons. The molecule has 19 nitrogen and oxygen atoms in total. The summed E-state index contributed by atoms with van der Waals surface area (Å²) in [7, 11) is 0. The average Bonchev–Trinajstić information content (AvgIpc) is 4.01. The summed E-state index contributed by atoms with van der Waals surface area (Å²) in [5, 5.41) is 24.6. The zero-order valence-electron chi connectivity index (χ0n) is 38.9. The fourth-order valence-electron chi connectivity index (χ4n) is 9.35. The molecule has 5 aromatic rings. The van der Waals surface area contributed by atoms with Crippen LogP contribution in [0.5, 0.6) is 11.5 Å². The van der Waals surface area contributed by atoms with Gasteiger partial charge < -0.3 is 50.1 Å². The molecule has 5 amide bonds. The molecule has 2 fully saturated rings. The van der Waals surface area contributed by atoms with Crippen molar-refractivity contribution in [2.45, 2.75) is 82.0 Å². The van der Waals surface area contributed by atoms with Crippen LogP contribution in [0.4, 0.5) is 11.4 Å². The molecule has 1 unspecified atom stereocenters. The SMILES string of the molecule is O=C1CCC(N2Cc3c(NC(=O)COCCCOCCCCCOc4ccc5c(c4)[C@H](NC(=O)c4cccc(NC6(c7nnc(-c8ccncc8)[nH]7)CCNCC6)c4)CCO5)cccc3C2=O)C(=O)N1. The Balaban J connectivity index is 0.665. The summed E-state index contributed by atoms with van der Waals surface area (Å²) in [5.74, 6) is 1.20. The summed E-state index contributed by atoms with van der Waals surface area (Å²) < 4.78 is 23.5. The van der Waals surface area contributed by atoms with Gasteiger partial charge in [-0.05, 0) is 119 Å². The number of hydrogen-bond acceptors (Lipinski definition) is 14. The van der Waals surface area contributed by atoms with Crippen molar-refractivity contribution in [3.63, 3.8) is 0 Å². The van der Waals surface area contributed by atoms with Gasteiger partial charge in [-0.2, -0.15) is 0 Å². The molecule has 0 bridgehead atoms. The zero-order valence-corrected chi connectivity index (χ0v) is 38.9. The summed E-state index contributed by atoms with van der Waals surface area (Å²) in [6.45, 7) is 4.07. The lowest BCUT2D eigenvalue weighted by atomic mass is 9.87. The maximum atomic E-state index is 13.8. The van der Waals surface area contributed by atoms with Crippen LogP contribution in [0.1, 0.15) is 101 Å². The minimum Gasteiger partial charge on any atom is -0.494 e. The van der Waals surface area contributed by atoms with E-state index in [4.69, 9.17) is 18.9 Å². The number of benzene rings is 3. The fourth-order valence-corrected chi connectivity index (χ4v) is 9.35. The smallest absolute Gasteiger partial charge is 0.255 e. The van der Waals surface area contributed by atoms with Crippen LogP contribution in [0.3, 0.4) is 0 Å². The molecule has 0 aliphatic carbocycles. The number of carbonyl (C=O) groups excluding carboxylic acids is 5. The van der Waals surface area contributed by atoms with Crippen molar-refractivity contribution in [3.05, 3.63) is 113 Å². The standard InChI is InChI=1S/C51H58N10O9/c62-44-14-12-42(48(65)56-44)61-31-39-37(49(61)66)9-5-10-40(39)54-45(63)32-68-26-6-25-67-24-2-1-3-27-69-36-11-13-43-38(30-36)41(17-28-70-43)55-47(64)34-7-4-8-35(29-34)58-51(18-22-53-23-19-51)50-57-46(59-60-50)33-15-20-52-21-16-33/h4-5,7-11,13,15-16,20-21,29-30,41-42,53,58H,1-3,6,12,14,17-19,22-28,31-32H2,(H,54,63)(H,55,64)(H,56,62,65)(H,57,59,60)/t41-,42?/m1/s1. The van der Waals surface area contributed by atoms with E-state index in [1.807, 2.05) is 54.6 Å². The number of ether oxygens (including phenoxy) is 4. The summed E-state index contributed by atoms with van der Waals surface area (Å²) in [6.07, 6.45) is 9.32. The van der Waals surface area contributed by atoms with Crippen LogP contribution in [0.2, 0.25) is 0 Å². The lowest BCUT2D eigenvalue weighted by Gasteiger charge is -2.37. The number of aromatic nitrogens is 4. The van der Waals surface area contributed by atoms with Crippen molar-refractivity contribution in [2.24, 2.45) is 0 Å². The molecule has 2 aromatic heterocycles. The van der Waals surface area contributed by atoms with Gasteiger partial charge >= 0.3 is 0 Å². The number of nitrogens with one attached hydrogen (secondary N) is 6. The van der Waals surface area contributed by atoms with E-state index in [9.17, 15) is 24.0 Å². The molecule has 70 heavy (non-hydrogen) atoms. The third-order valence-corrected chi connectivity index (χ3v) is 13.1. The molecule has 9 rings (SSSR count). The van der Waals surface area contributed by atoms with Crippen molar-refractivity contribution in [1.82, 2.24) is 41.0 Å². The lowest BCUT2D eigenvalue weighted by Crippen LogP contribution is -2.52. The van der Waals surface area contributed by atoms with Crippen molar-refractivity contribution in [1.29, 1.82) is 0 Å². The van der Waals surface area contributed by atoms with Gasteiger partial charge in [0, 0.05) is 90.8 Å². The normalized spacial score (nSPS) is 18.3. The van der Waals surface area contributed by atoms with Crippen LogP contribution in [-0.4, -0.2) is 113 Å². The molecule has 19 heteroatoms. The number of rotatable bonds is 21. The number of nitrogens with zero attached hydrogens (tertiary/aromatic N) is 4. The van der Waals surface area contributed by atoms with Crippen LogP contribution in [0, 0.1) is 0 Å². The highest BCUT2D eigenvalue weighted by atomic mass is 16.5. The average molecular weight is 955 g/mol. The molecule has 366 valence electrons. The fraction of sp³-hybridized carbons (Fsp3) is 0.412. The van der Waals surface area contributed by atoms with E-state index in [0.29, 0.717) is 79.8 Å². The van der Waals surface area contributed by atoms with Crippen LogP contribution >= 0.6 is 0 Å². The highest BCUT2D eigenvalue weighted by Crippen LogP contribution is 2.37. The number of pyridine rings is 1. The maximum Gasteiger partial charge on any atom is 0.255 e. The number of unbranched alkanes of at least 4 members (excludes halogenated alkanes) is 2. The largest absolute Gasteiger partial charge is 0.494 e. The predicted molar refractivity (Wildman–Crippen MR) is 257 cm³/mol. The van der Waals surface area contributed by atoms with Crippen LogP contribution < -0.4 is 36.1 Å². The number of carbonyl (C=O) groups is 5. The van der Waals surface area contributed by atoms with Gasteiger partial charge in [0.25, 0.3) is 11.8 Å². The molecule has 6 heterocycles. The van der Waals surface area contributed by atoms with Crippen molar-refractivity contribution >= 4 is 40.9 Å². The van der Waals surface area contributed by atoms with Crippen LogP contribution in [0.25, 0.3) is 11.4 Å². The molecular formula is C51H58N10O9. The Morgan fingerprint density at radius 2 is 1.67 bits per heavy atom. The molecular weight excluding hydrogens is 897 g/mol. The summed E-state index contributed by atoms with van der Waals surface area (Å²) >= 11 is 0. The Hall–Kier alpha value is -7.22. The Kier molecular flexibility index (Phi) is 15.4. The quantitative estimate of drug-likeness (QED) is 0.0411. The van der Waals surface area contributed by atoms with E-state index < -0.39 is 17.5 Å². The van der Waals surface area contributed by atoms with Gasteiger partial charge in [-0.3, -0.25) is 34.3 Å². The van der Waals surface area contributed by atoms with Crippen molar-refractivity contribution < 1.29 is 42.9 Å². The van der Waals surface area contributed by atoms with Gasteiger partial charge in [-0.1, -0.05) is 12.1 Å². The lowest BCUT2D eigenvalue weighted by molar-refractivity contribution is -0.137. The first-order valence-corrected chi connectivity index (χ1v) is 24.1.